The number of esters is 2. The molecule has 0 heterocycles. The minimum atomic E-state index is -0.811. The number of rotatable bonds is 10. The number of hydrogen-bond donors (Lipinski definition) is 0. The van der Waals surface area contributed by atoms with E-state index in [0.717, 1.165) is 38.0 Å². The second kappa shape index (κ2) is 15.5. The molecule has 0 saturated carbocycles. The fourth-order valence-electron chi connectivity index (χ4n) is 1.66. The normalized spacial score (nSPS) is 9.80. The zero-order valence-corrected chi connectivity index (χ0v) is 16.0. The van der Waals surface area contributed by atoms with Crippen LogP contribution in [0.4, 0.5) is 0 Å². The van der Waals surface area contributed by atoms with E-state index < -0.39 is 17.9 Å². The number of para-hydroxylation sites is 1. The molecule has 0 aliphatic rings. The van der Waals surface area contributed by atoms with E-state index in [-0.39, 0.29) is 0 Å². The molecule has 5 nitrogen and oxygen atoms in total. The number of benzene rings is 1. The minimum absolute atomic E-state index is 0.377. The SMILES string of the molecule is CCCCOC(=O)C(C)C(=O)OCCCC.CCOc1ccccc1. The fourth-order valence-corrected chi connectivity index (χ4v) is 1.66. The second-order valence-corrected chi connectivity index (χ2v) is 5.51. The maximum Gasteiger partial charge on any atom is 0.320 e. The van der Waals surface area contributed by atoms with Crippen molar-refractivity contribution < 1.29 is 23.8 Å². The van der Waals surface area contributed by atoms with Crippen LogP contribution in [-0.4, -0.2) is 31.8 Å². The molecular weight excluding hydrogens is 320 g/mol. The third kappa shape index (κ3) is 12.0. The smallest absolute Gasteiger partial charge is 0.320 e. The summed E-state index contributed by atoms with van der Waals surface area (Å²) in [5.41, 5.74) is 0. The van der Waals surface area contributed by atoms with Gasteiger partial charge >= 0.3 is 11.9 Å². The van der Waals surface area contributed by atoms with Crippen molar-refractivity contribution in [3.63, 3.8) is 0 Å². The van der Waals surface area contributed by atoms with Crippen LogP contribution in [0.5, 0.6) is 5.75 Å². The van der Waals surface area contributed by atoms with Gasteiger partial charge in [0.25, 0.3) is 0 Å². The van der Waals surface area contributed by atoms with Gasteiger partial charge in [0.05, 0.1) is 19.8 Å². The molecule has 1 rings (SSSR count). The van der Waals surface area contributed by atoms with Gasteiger partial charge in [0.15, 0.2) is 5.92 Å². The van der Waals surface area contributed by atoms with E-state index in [1.54, 1.807) is 0 Å². The van der Waals surface area contributed by atoms with Crippen LogP contribution in [0.25, 0.3) is 0 Å². The summed E-state index contributed by atoms with van der Waals surface area (Å²) in [6, 6.07) is 9.80. The van der Waals surface area contributed by atoms with Crippen molar-refractivity contribution in [3.05, 3.63) is 30.3 Å². The quantitative estimate of drug-likeness (QED) is 0.355. The van der Waals surface area contributed by atoms with Crippen molar-refractivity contribution in [2.45, 2.75) is 53.4 Å². The molecule has 0 bridgehead atoms. The molecule has 25 heavy (non-hydrogen) atoms. The summed E-state index contributed by atoms with van der Waals surface area (Å²) in [6.07, 6.45) is 3.57. The van der Waals surface area contributed by atoms with Crippen molar-refractivity contribution in [1.82, 2.24) is 0 Å². The molecule has 5 heteroatoms. The molecule has 142 valence electrons. The standard InChI is InChI=1S/C12H22O4.C8H10O/c1-4-6-8-15-11(13)10(3)12(14)16-9-7-5-2;1-2-9-8-6-4-3-5-7-8/h10H,4-9H2,1-3H3;3-7H,2H2,1H3. The number of carbonyl (C=O) groups is 2. The zero-order valence-electron chi connectivity index (χ0n) is 16.0. The third-order valence-corrected chi connectivity index (χ3v) is 3.25. The maximum atomic E-state index is 11.4. The van der Waals surface area contributed by atoms with E-state index in [4.69, 9.17) is 14.2 Å². The Bertz CT molecular complexity index is 436. The summed E-state index contributed by atoms with van der Waals surface area (Å²) in [7, 11) is 0. The van der Waals surface area contributed by atoms with Gasteiger partial charge in [0.1, 0.15) is 5.75 Å². The van der Waals surface area contributed by atoms with Gasteiger partial charge in [-0.15, -0.1) is 0 Å². The Morgan fingerprint density at radius 2 is 1.36 bits per heavy atom. The van der Waals surface area contributed by atoms with Crippen molar-refractivity contribution in [3.8, 4) is 5.75 Å². The average molecular weight is 352 g/mol. The van der Waals surface area contributed by atoms with Crippen LogP contribution in [0, 0.1) is 5.92 Å². The Morgan fingerprint density at radius 3 is 1.76 bits per heavy atom. The second-order valence-electron chi connectivity index (χ2n) is 5.51. The van der Waals surface area contributed by atoms with E-state index >= 15 is 0 Å². The van der Waals surface area contributed by atoms with E-state index in [1.165, 1.54) is 6.92 Å². The van der Waals surface area contributed by atoms with Gasteiger partial charge in [-0.2, -0.15) is 0 Å². The van der Waals surface area contributed by atoms with Crippen LogP contribution >= 0.6 is 0 Å². The van der Waals surface area contributed by atoms with Crippen molar-refractivity contribution in [2.24, 2.45) is 5.92 Å². The van der Waals surface area contributed by atoms with E-state index in [0.29, 0.717) is 13.2 Å². The predicted molar refractivity (Wildman–Crippen MR) is 98.5 cm³/mol. The van der Waals surface area contributed by atoms with Gasteiger partial charge in [-0.3, -0.25) is 9.59 Å². The first kappa shape index (κ1) is 23.0. The molecule has 0 fully saturated rings. The number of ether oxygens (including phenoxy) is 3. The van der Waals surface area contributed by atoms with Crippen LogP contribution in [0.3, 0.4) is 0 Å². The molecule has 0 saturated heterocycles. The maximum absolute atomic E-state index is 11.4. The zero-order chi connectivity index (χ0) is 18.9. The summed E-state index contributed by atoms with van der Waals surface area (Å²) in [6.45, 7) is 9.01. The topological polar surface area (TPSA) is 61.8 Å². The lowest BCUT2D eigenvalue weighted by molar-refractivity contribution is -0.161. The summed E-state index contributed by atoms with van der Waals surface area (Å²) >= 11 is 0. The highest BCUT2D eigenvalue weighted by atomic mass is 16.6. The van der Waals surface area contributed by atoms with Crippen LogP contribution in [0.15, 0.2) is 30.3 Å². The highest BCUT2D eigenvalue weighted by Crippen LogP contribution is 2.07. The number of unbranched alkanes of at least 4 members (excludes halogenated alkanes) is 2. The van der Waals surface area contributed by atoms with Crippen LogP contribution in [-0.2, 0) is 19.1 Å². The summed E-state index contributed by atoms with van der Waals surface area (Å²) in [5, 5.41) is 0. The highest BCUT2D eigenvalue weighted by Gasteiger charge is 2.24. The first-order chi connectivity index (χ1) is 12.1. The molecule has 0 radical (unpaired) electrons. The number of carbonyl (C=O) groups excluding carboxylic acids is 2. The lowest BCUT2D eigenvalue weighted by Crippen LogP contribution is -2.25. The van der Waals surface area contributed by atoms with Gasteiger partial charge in [0.2, 0.25) is 0 Å². The van der Waals surface area contributed by atoms with Crippen molar-refractivity contribution in [1.29, 1.82) is 0 Å². The van der Waals surface area contributed by atoms with Crippen LogP contribution in [0.1, 0.15) is 53.4 Å². The van der Waals surface area contributed by atoms with Gasteiger partial charge in [0, 0.05) is 0 Å². The molecule has 0 amide bonds. The fraction of sp³-hybridized carbons (Fsp3) is 0.600. The average Bonchev–Trinajstić information content (AvgIpc) is 2.63. The molecule has 0 atom stereocenters. The Hall–Kier alpha value is -2.04. The van der Waals surface area contributed by atoms with Gasteiger partial charge in [-0.1, -0.05) is 44.9 Å². The Labute approximate surface area is 151 Å². The first-order valence-electron chi connectivity index (χ1n) is 9.07. The van der Waals surface area contributed by atoms with Crippen molar-refractivity contribution >= 4 is 11.9 Å². The summed E-state index contributed by atoms with van der Waals surface area (Å²) in [4.78, 5) is 22.7. The summed E-state index contributed by atoms with van der Waals surface area (Å²) in [5.74, 6) is -0.849. The lowest BCUT2D eigenvalue weighted by Gasteiger charge is -2.10. The first-order valence-corrected chi connectivity index (χ1v) is 9.07. The highest BCUT2D eigenvalue weighted by molar-refractivity contribution is 5.94. The Balaban J connectivity index is 0.000000535. The molecule has 0 unspecified atom stereocenters. The lowest BCUT2D eigenvalue weighted by atomic mass is 10.2. The number of hydrogen-bond acceptors (Lipinski definition) is 5. The molecule has 1 aromatic rings. The van der Waals surface area contributed by atoms with Gasteiger partial charge in [-0.25, -0.2) is 0 Å². The Morgan fingerprint density at radius 1 is 0.880 bits per heavy atom. The largest absolute Gasteiger partial charge is 0.494 e. The van der Waals surface area contributed by atoms with Crippen LogP contribution in [0.2, 0.25) is 0 Å². The van der Waals surface area contributed by atoms with E-state index in [2.05, 4.69) is 0 Å². The van der Waals surface area contributed by atoms with Crippen molar-refractivity contribution in [2.75, 3.05) is 19.8 Å². The van der Waals surface area contributed by atoms with Gasteiger partial charge < -0.3 is 14.2 Å². The Kier molecular flexibility index (Phi) is 14.2. The minimum Gasteiger partial charge on any atom is -0.494 e. The van der Waals surface area contributed by atoms with Gasteiger partial charge in [-0.05, 0) is 38.8 Å². The summed E-state index contributed by atoms with van der Waals surface area (Å²) < 4.78 is 15.1. The molecular formula is C20H32O5. The monoisotopic (exact) mass is 352 g/mol. The molecule has 0 N–H and O–H groups in total. The molecule has 0 aromatic heterocycles. The molecule has 0 aliphatic carbocycles. The van der Waals surface area contributed by atoms with E-state index in [9.17, 15) is 9.59 Å². The molecule has 0 spiro atoms. The van der Waals surface area contributed by atoms with E-state index in [1.807, 2.05) is 51.1 Å². The predicted octanol–water partition coefficient (Wildman–Crippen LogP) is 4.39. The van der Waals surface area contributed by atoms with Crippen LogP contribution < -0.4 is 4.74 Å². The molecule has 1 aromatic carbocycles. The third-order valence-electron chi connectivity index (χ3n) is 3.25. The molecule has 0 aliphatic heterocycles.